The summed E-state index contributed by atoms with van der Waals surface area (Å²) in [6.45, 7) is 3.80. The molecule has 0 fully saturated rings. The zero-order valence-electron chi connectivity index (χ0n) is 16.9. The van der Waals surface area contributed by atoms with Crippen LogP contribution in [0.2, 0.25) is 0 Å². The highest BCUT2D eigenvalue weighted by atomic mass is 19.4. The Bertz CT molecular complexity index is 1050. The maximum atomic E-state index is 12.8. The number of benzene rings is 1. The summed E-state index contributed by atoms with van der Waals surface area (Å²) in [5.41, 5.74) is 6.89. The summed E-state index contributed by atoms with van der Waals surface area (Å²) in [5, 5.41) is 2.68. The number of nitrogens with zero attached hydrogens (tertiary/aromatic N) is 3. The molecule has 31 heavy (non-hydrogen) atoms. The van der Waals surface area contributed by atoms with Gasteiger partial charge < -0.3 is 10.7 Å². The van der Waals surface area contributed by atoms with E-state index < -0.39 is 17.8 Å². The van der Waals surface area contributed by atoms with Gasteiger partial charge in [-0.2, -0.15) is 13.2 Å². The number of alkyl halides is 3. The molecule has 0 saturated carbocycles. The van der Waals surface area contributed by atoms with Crippen molar-refractivity contribution in [1.29, 1.82) is 0 Å². The highest BCUT2D eigenvalue weighted by Crippen LogP contribution is 2.30. The number of halogens is 3. The maximum absolute atomic E-state index is 12.8. The zero-order valence-corrected chi connectivity index (χ0v) is 16.9. The van der Waals surface area contributed by atoms with Gasteiger partial charge in [0.1, 0.15) is 5.69 Å². The van der Waals surface area contributed by atoms with Crippen LogP contribution in [0.15, 0.2) is 58.4 Å². The molecule has 1 unspecified atom stereocenters. The SMILES string of the molecule is Cc1cc(C(=O)Nc2cccc(C(C)N=CC=NC3=CNNC3)c2)cnc1C(F)(F)F. The molecule has 1 aliphatic rings. The predicted octanol–water partition coefficient (Wildman–Crippen LogP) is 3.81. The summed E-state index contributed by atoms with van der Waals surface area (Å²) >= 11 is 0. The lowest BCUT2D eigenvalue weighted by molar-refractivity contribution is -0.141. The molecule has 0 saturated heterocycles. The van der Waals surface area contributed by atoms with Crippen molar-refractivity contribution in [2.24, 2.45) is 9.98 Å². The van der Waals surface area contributed by atoms with E-state index in [0.717, 1.165) is 17.5 Å². The standard InChI is InChI=1S/C21H21F3N6O/c1-13-8-16(10-27-19(13)21(22,23)24)20(31)30-17-5-3-4-15(9-17)14(2)25-6-7-26-18-11-28-29-12-18/h3-11,14,28-29H,12H2,1-2H3,(H,30,31). The van der Waals surface area contributed by atoms with Crippen molar-refractivity contribution >= 4 is 24.0 Å². The normalized spacial score (nSPS) is 15.2. The van der Waals surface area contributed by atoms with Crippen LogP contribution in [0.25, 0.3) is 0 Å². The molecular weight excluding hydrogens is 409 g/mol. The second-order valence-corrected chi connectivity index (χ2v) is 6.85. The third-order valence-electron chi connectivity index (χ3n) is 4.46. The first-order valence-corrected chi connectivity index (χ1v) is 9.42. The van der Waals surface area contributed by atoms with Gasteiger partial charge >= 0.3 is 6.18 Å². The minimum Gasteiger partial charge on any atom is -0.327 e. The van der Waals surface area contributed by atoms with Crippen molar-refractivity contribution < 1.29 is 18.0 Å². The van der Waals surface area contributed by atoms with Gasteiger partial charge in [-0.15, -0.1) is 0 Å². The van der Waals surface area contributed by atoms with E-state index in [4.69, 9.17) is 0 Å². The van der Waals surface area contributed by atoms with Gasteiger partial charge in [0.2, 0.25) is 0 Å². The number of hydrogen-bond acceptors (Lipinski definition) is 6. The smallest absolute Gasteiger partial charge is 0.327 e. The summed E-state index contributed by atoms with van der Waals surface area (Å²) < 4.78 is 38.5. The van der Waals surface area contributed by atoms with Crippen LogP contribution in [0.1, 0.15) is 40.1 Å². The fourth-order valence-electron chi connectivity index (χ4n) is 2.87. The molecule has 7 nitrogen and oxygen atoms in total. The van der Waals surface area contributed by atoms with Crippen molar-refractivity contribution in [1.82, 2.24) is 15.8 Å². The number of carbonyl (C=O) groups is 1. The van der Waals surface area contributed by atoms with E-state index in [1.54, 1.807) is 36.8 Å². The first-order valence-electron chi connectivity index (χ1n) is 9.42. The number of carbonyl (C=O) groups excluding carboxylic acids is 1. The van der Waals surface area contributed by atoms with Crippen molar-refractivity contribution in [3.05, 3.63) is 70.8 Å². The van der Waals surface area contributed by atoms with E-state index >= 15 is 0 Å². The molecule has 0 spiro atoms. The Balaban J connectivity index is 1.65. The zero-order chi connectivity index (χ0) is 22.4. The van der Waals surface area contributed by atoms with Gasteiger partial charge in [0.05, 0.1) is 23.8 Å². The number of rotatable bonds is 6. The minimum atomic E-state index is -4.56. The summed E-state index contributed by atoms with van der Waals surface area (Å²) in [6, 6.07) is 8.07. The third kappa shape index (κ3) is 5.98. The Morgan fingerprint density at radius 2 is 2.10 bits per heavy atom. The van der Waals surface area contributed by atoms with Crippen LogP contribution in [-0.4, -0.2) is 29.9 Å². The van der Waals surface area contributed by atoms with Gasteiger partial charge in [-0.3, -0.25) is 19.8 Å². The lowest BCUT2D eigenvalue weighted by atomic mass is 10.1. The Morgan fingerprint density at radius 3 is 2.77 bits per heavy atom. The van der Waals surface area contributed by atoms with Crippen molar-refractivity contribution in [2.75, 3.05) is 11.9 Å². The highest BCUT2D eigenvalue weighted by Gasteiger charge is 2.34. The van der Waals surface area contributed by atoms with E-state index in [-0.39, 0.29) is 17.2 Å². The first kappa shape index (κ1) is 22.2. The molecular formula is C21H21F3N6O. The largest absolute Gasteiger partial charge is 0.433 e. The molecule has 3 N–H and O–H groups in total. The van der Waals surface area contributed by atoms with Crippen LogP contribution in [0.4, 0.5) is 18.9 Å². The van der Waals surface area contributed by atoms with Gasteiger partial charge in [-0.1, -0.05) is 12.1 Å². The topological polar surface area (TPSA) is 90.8 Å². The molecule has 0 radical (unpaired) electrons. The molecule has 1 aromatic heterocycles. The fourth-order valence-corrected chi connectivity index (χ4v) is 2.87. The van der Waals surface area contributed by atoms with Crippen LogP contribution < -0.4 is 16.2 Å². The number of aliphatic imine (C=N–C) groups is 2. The van der Waals surface area contributed by atoms with E-state index in [2.05, 4.69) is 31.1 Å². The van der Waals surface area contributed by atoms with Crippen molar-refractivity contribution in [3.8, 4) is 0 Å². The summed E-state index contributed by atoms with van der Waals surface area (Å²) in [6.07, 6.45) is 1.32. The maximum Gasteiger partial charge on any atom is 0.433 e. The van der Waals surface area contributed by atoms with Crippen LogP contribution in [0.3, 0.4) is 0 Å². The minimum absolute atomic E-state index is 0.0448. The van der Waals surface area contributed by atoms with E-state index in [1.165, 1.54) is 13.0 Å². The molecule has 2 heterocycles. The van der Waals surface area contributed by atoms with Gasteiger partial charge in [-0.25, -0.2) is 5.43 Å². The molecule has 10 heteroatoms. The molecule has 1 aliphatic heterocycles. The van der Waals surface area contributed by atoms with Crippen molar-refractivity contribution in [2.45, 2.75) is 26.1 Å². The molecule has 1 aromatic carbocycles. The number of nitrogens with one attached hydrogen (secondary N) is 3. The van der Waals surface area contributed by atoms with Gasteiger partial charge in [0.25, 0.3) is 5.91 Å². The van der Waals surface area contributed by atoms with Crippen molar-refractivity contribution in [3.63, 3.8) is 0 Å². The Hall–Kier alpha value is -3.53. The number of anilines is 1. The molecule has 162 valence electrons. The Kier molecular flexibility index (Phi) is 6.81. The lowest BCUT2D eigenvalue weighted by Crippen LogP contribution is -2.20. The molecule has 0 bridgehead atoms. The van der Waals surface area contributed by atoms with E-state index in [0.29, 0.717) is 12.2 Å². The third-order valence-corrected chi connectivity index (χ3v) is 4.46. The predicted molar refractivity (Wildman–Crippen MR) is 113 cm³/mol. The average molecular weight is 430 g/mol. The summed E-state index contributed by atoms with van der Waals surface area (Å²) in [5.74, 6) is -0.545. The van der Waals surface area contributed by atoms with Gasteiger partial charge in [0, 0.05) is 30.5 Å². The number of hydrogen-bond donors (Lipinski definition) is 3. The molecule has 1 amide bonds. The van der Waals surface area contributed by atoms with Crippen LogP contribution in [-0.2, 0) is 6.18 Å². The summed E-state index contributed by atoms with van der Waals surface area (Å²) in [4.78, 5) is 24.5. The van der Waals surface area contributed by atoms with E-state index in [9.17, 15) is 18.0 Å². The Morgan fingerprint density at radius 1 is 1.29 bits per heavy atom. The Labute approximate surface area is 177 Å². The highest BCUT2D eigenvalue weighted by molar-refractivity contribution is 6.16. The number of pyridine rings is 1. The quantitative estimate of drug-likeness (QED) is 0.608. The van der Waals surface area contributed by atoms with Gasteiger partial charge in [0.15, 0.2) is 0 Å². The molecule has 2 aromatic rings. The second kappa shape index (κ2) is 9.52. The fraction of sp³-hybridized carbons (Fsp3) is 0.238. The number of amides is 1. The van der Waals surface area contributed by atoms with Gasteiger partial charge in [-0.05, 0) is 43.2 Å². The lowest BCUT2D eigenvalue weighted by Gasteiger charge is -2.12. The average Bonchev–Trinajstić information content (AvgIpc) is 3.23. The van der Waals surface area contributed by atoms with Crippen LogP contribution in [0.5, 0.6) is 0 Å². The number of hydrazine groups is 1. The molecule has 3 rings (SSSR count). The number of aromatic nitrogens is 1. The first-order chi connectivity index (χ1) is 14.7. The van der Waals surface area contributed by atoms with Crippen LogP contribution >= 0.6 is 0 Å². The summed E-state index contributed by atoms with van der Waals surface area (Å²) in [7, 11) is 0. The molecule has 0 aliphatic carbocycles. The van der Waals surface area contributed by atoms with Crippen LogP contribution in [0, 0.1) is 6.92 Å². The van der Waals surface area contributed by atoms with E-state index in [1.807, 2.05) is 13.0 Å². The molecule has 1 atom stereocenters. The second-order valence-electron chi connectivity index (χ2n) is 6.85. The monoisotopic (exact) mass is 430 g/mol. The number of aryl methyl sites for hydroxylation is 1.